The summed E-state index contributed by atoms with van der Waals surface area (Å²) in [7, 11) is 0. The Balaban J connectivity index is 1.85. The lowest BCUT2D eigenvalue weighted by Crippen LogP contribution is -2.30. The zero-order valence-electron chi connectivity index (χ0n) is 11.5. The fourth-order valence-corrected chi connectivity index (χ4v) is 1.85. The third-order valence-corrected chi connectivity index (χ3v) is 2.91. The van der Waals surface area contributed by atoms with Crippen molar-refractivity contribution in [1.29, 1.82) is 0 Å². The summed E-state index contributed by atoms with van der Waals surface area (Å²) in [4.78, 5) is 25.6. The Hall–Kier alpha value is -2.70. The van der Waals surface area contributed by atoms with E-state index in [-0.39, 0.29) is 11.3 Å². The van der Waals surface area contributed by atoms with Crippen molar-refractivity contribution < 1.29 is 18.3 Å². The van der Waals surface area contributed by atoms with Crippen LogP contribution in [0.25, 0.3) is 0 Å². The minimum absolute atomic E-state index is 0.0446. The zero-order chi connectivity index (χ0) is 15.9. The van der Waals surface area contributed by atoms with Crippen LogP contribution in [-0.4, -0.2) is 24.0 Å². The van der Waals surface area contributed by atoms with Gasteiger partial charge in [0.05, 0.1) is 0 Å². The first-order valence-electron chi connectivity index (χ1n) is 6.56. The summed E-state index contributed by atoms with van der Waals surface area (Å²) in [6.45, 7) is -2.53. The van der Waals surface area contributed by atoms with Crippen LogP contribution in [0.5, 0.6) is 5.75 Å². The smallest absolute Gasteiger partial charge is 0.387 e. The predicted molar refractivity (Wildman–Crippen MR) is 76.2 cm³/mol. The number of H-pyrrole nitrogens is 1. The second kappa shape index (κ2) is 7.35. The largest absolute Gasteiger partial charge is 0.435 e. The van der Waals surface area contributed by atoms with Crippen molar-refractivity contribution in [3.63, 3.8) is 0 Å². The summed E-state index contributed by atoms with van der Waals surface area (Å²) in [5.74, 6) is -0.377. The molecule has 1 aromatic heterocycles. The number of benzene rings is 1. The second-order valence-electron chi connectivity index (χ2n) is 4.44. The number of carbonyl (C=O) groups excluding carboxylic acids is 1. The third-order valence-electron chi connectivity index (χ3n) is 2.91. The fourth-order valence-electron chi connectivity index (χ4n) is 1.85. The zero-order valence-corrected chi connectivity index (χ0v) is 11.5. The lowest BCUT2D eigenvalue weighted by atomic mass is 10.1. The quantitative estimate of drug-likeness (QED) is 0.857. The van der Waals surface area contributed by atoms with Crippen molar-refractivity contribution in [2.24, 2.45) is 0 Å². The highest BCUT2D eigenvalue weighted by Gasteiger charge is 2.08. The van der Waals surface area contributed by atoms with Gasteiger partial charge in [-0.1, -0.05) is 12.1 Å². The molecule has 0 saturated carbocycles. The molecule has 0 fully saturated rings. The Labute approximate surface area is 124 Å². The molecule has 5 nitrogen and oxygen atoms in total. The van der Waals surface area contributed by atoms with Gasteiger partial charge in [-0.25, -0.2) is 0 Å². The van der Waals surface area contributed by atoms with E-state index in [4.69, 9.17) is 0 Å². The van der Waals surface area contributed by atoms with Gasteiger partial charge in [-0.2, -0.15) is 8.78 Å². The Morgan fingerprint density at radius 2 is 1.95 bits per heavy atom. The summed E-state index contributed by atoms with van der Waals surface area (Å²) < 4.78 is 28.3. The maximum Gasteiger partial charge on any atom is 0.387 e. The summed E-state index contributed by atoms with van der Waals surface area (Å²) in [5.41, 5.74) is 0.445. The third kappa shape index (κ3) is 4.41. The molecule has 2 aromatic rings. The number of hydrogen-bond donors (Lipinski definition) is 2. The topological polar surface area (TPSA) is 71.2 Å². The van der Waals surface area contributed by atoms with Gasteiger partial charge >= 0.3 is 6.61 Å². The molecule has 0 spiro atoms. The molecule has 2 rings (SSSR count). The van der Waals surface area contributed by atoms with Gasteiger partial charge in [0.25, 0.3) is 11.5 Å². The number of halogens is 2. The molecule has 7 heteroatoms. The van der Waals surface area contributed by atoms with Crippen LogP contribution in [-0.2, 0) is 6.42 Å². The molecule has 0 aliphatic carbocycles. The number of aromatic amines is 1. The van der Waals surface area contributed by atoms with Gasteiger partial charge in [0, 0.05) is 12.7 Å². The molecule has 0 aliphatic rings. The Morgan fingerprint density at radius 3 is 2.59 bits per heavy atom. The minimum atomic E-state index is -2.85. The molecule has 1 heterocycles. The van der Waals surface area contributed by atoms with Gasteiger partial charge in [0.2, 0.25) is 0 Å². The van der Waals surface area contributed by atoms with Gasteiger partial charge in [-0.15, -0.1) is 0 Å². The number of amides is 1. The molecule has 0 atom stereocenters. The number of alkyl halides is 2. The average Bonchev–Trinajstić information content (AvgIpc) is 2.49. The van der Waals surface area contributed by atoms with E-state index in [1.54, 1.807) is 18.2 Å². The molecule has 0 aliphatic heterocycles. The molecule has 0 bridgehead atoms. The summed E-state index contributed by atoms with van der Waals surface area (Å²) in [6, 6.07) is 9.15. The molecule has 22 heavy (non-hydrogen) atoms. The van der Waals surface area contributed by atoms with E-state index < -0.39 is 18.1 Å². The van der Waals surface area contributed by atoms with Crippen LogP contribution >= 0.6 is 0 Å². The van der Waals surface area contributed by atoms with Crippen LogP contribution in [0.15, 0.2) is 47.4 Å². The Bertz CT molecular complexity index is 684. The monoisotopic (exact) mass is 308 g/mol. The molecule has 0 saturated heterocycles. The van der Waals surface area contributed by atoms with Gasteiger partial charge in [0.1, 0.15) is 11.3 Å². The number of ether oxygens (including phenoxy) is 1. The first-order chi connectivity index (χ1) is 10.6. The lowest BCUT2D eigenvalue weighted by molar-refractivity contribution is -0.0498. The highest BCUT2D eigenvalue weighted by molar-refractivity contribution is 5.93. The Morgan fingerprint density at radius 1 is 1.23 bits per heavy atom. The van der Waals surface area contributed by atoms with Crippen LogP contribution in [0.2, 0.25) is 0 Å². The number of rotatable bonds is 6. The summed E-state index contributed by atoms with van der Waals surface area (Å²) in [5, 5.41) is 2.62. The van der Waals surface area contributed by atoms with Crippen molar-refractivity contribution in [2.75, 3.05) is 6.54 Å². The van der Waals surface area contributed by atoms with Crippen LogP contribution in [0.3, 0.4) is 0 Å². The Kier molecular flexibility index (Phi) is 5.24. The van der Waals surface area contributed by atoms with Crippen LogP contribution < -0.4 is 15.6 Å². The van der Waals surface area contributed by atoms with E-state index in [2.05, 4.69) is 15.0 Å². The molecule has 0 unspecified atom stereocenters. The molecule has 116 valence electrons. The molecule has 1 amide bonds. The summed E-state index contributed by atoms with van der Waals surface area (Å²) in [6.07, 6.45) is 1.95. The molecular weight excluding hydrogens is 294 g/mol. The van der Waals surface area contributed by atoms with E-state index >= 15 is 0 Å². The van der Waals surface area contributed by atoms with Crippen molar-refractivity contribution >= 4 is 5.91 Å². The van der Waals surface area contributed by atoms with E-state index in [1.165, 1.54) is 24.4 Å². The van der Waals surface area contributed by atoms with Crippen molar-refractivity contribution in [2.45, 2.75) is 13.0 Å². The maximum absolute atomic E-state index is 12.0. The SMILES string of the molecule is O=C(NCCc1ccc(OC(F)F)cc1)c1ccc[nH]c1=O. The molecule has 1 aromatic carbocycles. The van der Waals surface area contributed by atoms with Gasteiger partial charge in [-0.3, -0.25) is 9.59 Å². The average molecular weight is 308 g/mol. The number of nitrogens with one attached hydrogen (secondary N) is 2. The van der Waals surface area contributed by atoms with Gasteiger partial charge < -0.3 is 15.0 Å². The first-order valence-corrected chi connectivity index (χ1v) is 6.56. The van der Waals surface area contributed by atoms with Crippen LogP contribution in [0.4, 0.5) is 8.78 Å². The molecule has 2 N–H and O–H groups in total. The van der Waals surface area contributed by atoms with Crippen LogP contribution in [0, 0.1) is 0 Å². The number of hydrogen-bond acceptors (Lipinski definition) is 3. The van der Waals surface area contributed by atoms with Gasteiger partial charge in [0.15, 0.2) is 0 Å². The highest BCUT2D eigenvalue weighted by atomic mass is 19.3. The van der Waals surface area contributed by atoms with E-state index in [0.717, 1.165) is 5.56 Å². The van der Waals surface area contributed by atoms with E-state index in [1.807, 2.05) is 0 Å². The minimum Gasteiger partial charge on any atom is -0.435 e. The van der Waals surface area contributed by atoms with Crippen LogP contribution in [0.1, 0.15) is 15.9 Å². The van der Waals surface area contributed by atoms with E-state index in [9.17, 15) is 18.4 Å². The normalized spacial score (nSPS) is 10.5. The lowest BCUT2D eigenvalue weighted by Gasteiger charge is -2.07. The van der Waals surface area contributed by atoms with E-state index in [0.29, 0.717) is 13.0 Å². The second-order valence-corrected chi connectivity index (χ2v) is 4.44. The molecular formula is C15H14F2N2O3. The number of aromatic nitrogens is 1. The van der Waals surface area contributed by atoms with Gasteiger partial charge in [-0.05, 0) is 36.2 Å². The maximum atomic E-state index is 12.0. The number of pyridine rings is 1. The van der Waals surface area contributed by atoms with Crippen molar-refractivity contribution in [3.8, 4) is 5.75 Å². The van der Waals surface area contributed by atoms with Crippen molar-refractivity contribution in [3.05, 3.63) is 64.1 Å². The number of carbonyl (C=O) groups is 1. The summed E-state index contributed by atoms with van der Waals surface area (Å²) >= 11 is 0. The predicted octanol–water partition coefficient (Wildman–Crippen LogP) is 1.95. The fraction of sp³-hybridized carbons (Fsp3) is 0.200. The molecule has 0 radical (unpaired) electrons. The first kappa shape index (κ1) is 15.7. The highest BCUT2D eigenvalue weighted by Crippen LogP contribution is 2.14. The van der Waals surface area contributed by atoms with Crippen molar-refractivity contribution in [1.82, 2.24) is 10.3 Å². The standard InChI is InChI=1S/C15H14F2N2O3/c16-15(17)22-11-5-3-10(4-6-11)7-9-19-14(21)12-2-1-8-18-13(12)20/h1-6,8,15H,7,9H2,(H,18,20)(H,19,21).